The molecule has 3 amide bonds. The number of nitrogens with one attached hydrogen (secondary N) is 4. The second kappa shape index (κ2) is 17.6. The molecule has 1 fully saturated rings. The van der Waals surface area contributed by atoms with Gasteiger partial charge in [-0.2, -0.15) is 13.2 Å². The highest BCUT2D eigenvalue weighted by Crippen LogP contribution is 2.31. The number of amides is 3. The van der Waals surface area contributed by atoms with E-state index in [0.717, 1.165) is 0 Å². The fraction of sp³-hybridized carbons (Fsp3) is 0.417. The molecule has 52 heavy (non-hydrogen) atoms. The summed E-state index contributed by atoms with van der Waals surface area (Å²) in [5.74, 6) is -3.45. The molecule has 0 radical (unpaired) electrons. The number of hydrogen-bond acceptors (Lipinski definition) is 7. The highest BCUT2D eigenvalue weighted by molar-refractivity contribution is 5.98. The smallest absolute Gasteiger partial charge is 0.408 e. The van der Waals surface area contributed by atoms with Gasteiger partial charge in [0.05, 0.1) is 18.8 Å². The number of benzene rings is 3. The van der Waals surface area contributed by atoms with Crippen molar-refractivity contribution in [2.45, 2.75) is 69.5 Å². The van der Waals surface area contributed by atoms with Crippen LogP contribution in [0.3, 0.4) is 0 Å². The molecule has 4 rings (SSSR count). The van der Waals surface area contributed by atoms with Gasteiger partial charge in [0.1, 0.15) is 42.2 Å². The van der Waals surface area contributed by atoms with E-state index >= 15 is 4.39 Å². The van der Waals surface area contributed by atoms with Crippen LogP contribution in [0, 0.1) is 17.5 Å². The zero-order valence-corrected chi connectivity index (χ0v) is 28.6. The Labute approximate surface area is 296 Å². The molecule has 1 heterocycles. The van der Waals surface area contributed by atoms with Crippen molar-refractivity contribution in [2.24, 2.45) is 0 Å². The quantitative estimate of drug-likeness (QED) is 0.160. The lowest BCUT2D eigenvalue weighted by molar-refractivity contribution is -0.124. The Bertz CT molecular complexity index is 1610. The Hall–Kier alpha value is -4.83. The standard InChI is InChI=1S/C36H40F6N4O6/c1-35(2,3)52-34(49)46-31(30(21-7-11-23(37)12-8-21)22-9-13-24(38)14-10-22)32(47)45-29-6-4-5-28(39)27(29)16-15-26-17-43-25(18-50-26)19-51-33(48)44-20-36(40,41)42/h4-14,25-26,30-31,43H,15-20H2,1-3H3,(H,44,48)(H,45,47)(H,46,49)/t25-,26+,31?/m0/s1. The largest absolute Gasteiger partial charge is 0.448 e. The lowest BCUT2D eigenvalue weighted by Gasteiger charge is -2.31. The SMILES string of the molecule is CC(C)(C)OC(=O)NC(C(=O)Nc1cccc(F)c1CC[C@@H]1CN[C@H](COC(=O)NCC(F)(F)F)CO1)C(c1ccc(F)cc1)c1ccc(F)cc1. The molecule has 16 heteroatoms. The molecule has 10 nitrogen and oxygen atoms in total. The zero-order valence-electron chi connectivity index (χ0n) is 28.6. The van der Waals surface area contributed by atoms with Crippen molar-refractivity contribution in [1.29, 1.82) is 0 Å². The fourth-order valence-corrected chi connectivity index (χ4v) is 5.46. The molecule has 0 saturated carbocycles. The molecule has 0 spiro atoms. The van der Waals surface area contributed by atoms with E-state index in [1.54, 1.807) is 26.1 Å². The van der Waals surface area contributed by atoms with Crippen LogP contribution in [0.4, 0.5) is 41.6 Å². The van der Waals surface area contributed by atoms with Gasteiger partial charge in [0.25, 0.3) is 0 Å². The Morgan fingerprint density at radius 1 is 0.904 bits per heavy atom. The van der Waals surface area contributed by atoms with Gasteiger partial charge in [-0.1, -0.05) is 30.3 Å². The van der Waals surface area contributed by atoms with Crippen molar-refractivity contribution in [1.82, 2.24) is 16.0 Å². The van der Waals surface area contributed by atoms with Crippen LogP contribution in [0.25, 0.3) is 0 Å². The van der Waals surface area contributed by atoms with Gasteiger partial charge in [-0.3, -0.25) is 4.79 Å². The van der Waals surface area contributed by atoms with Gasteiger partial charge in [0.15, 0.2) is 0 Å². The summed E-state index contributed by atoms with van der Waals surface area (Å²) in [4.78, 5) is 38.8. The summed E-state index contributed by atoms with van der Waals surface area (Å²) < 4.78 is 96.1. The predicted octanol–water partition coefficient (Wildman–Crippen LogP) is 6.35. The number of halogens is 6. The number of rotatable bonds is 12. The van der Waals surface area contributed by atoms with E-state index in [0.29, 0.717) is 11.1 Å². The lowest BCUT2D eigenvalue weighted by atomic mass is 9.84. The second-order valence-electron chi connectivity index (χ2n) is 13.1. The Kier molecular flexibility index (Phi) is 13.5. The van der Waals surface area contributed by atoms with E-state index in [-0.39, 0.29) is 43.9 Å². The van der Waals surface area contributed by atoms with Crippen LogP contribution in [-0.4, -0.2) is 74.4 Å². The van der Waals surface area contributed by atoms with E-state index in [1.807, 2.05) is 0 Å². The summed E-state index contributed by atoms with van der Waals surface area (Å²) in [6.07, 6.45) is -6.78. The maximum atomic E-state index is 15.3. The van der Waals surface area contributed by atoms with E-state index in [2.05, 4.69) is 16.0 Å². The van der Waals surface area contributed by atoms with Crippen molar-refractivity contribution in [2.75, 3.05) is 31.6 Å². The minimum absolute atomic E-state index is 0.0598. The molecule has 1 saturated heterocycles. The predicted molar refractivity (Wildman–Crippen MR) is 178 cm³/mol. The van der Waals surface area contributed by atoms with Gasteiger partial charge in [-0.15, -0.1) is 0 Å². The highest BCUT2D eigenvalue weighted by atomic mass is 19.4. The first-order valence-electron chi connectivity index (χ1n) is 16.4. The van der Waals surface area contributed by atoms with Crippen molar-refractivity contribution < 1.29 is 54.9 Å². The molecule has 282 valence electrons. The normalized spacial score (nSPS) is 16.9. The van der Waals surface area contributed by atoms with Crippen molar-refractivity contribution in [3.05, 3.63) is 101 Å². The van der Waals surface area contributed by atoms with Crippen LogP contribution in [0.15, 0.2) is 66.7 Å². The summed E-state index contributed by atoms with van der Waals surface area (Å²) in [5.41, 5.74) is 0.143. The first kappa shape index (κ1) is 39.9. The maximum Gasteiger partial charge on any atom is 0.408 e. The van der Waals surface area contributed by atoms with Gasteiger partial charge in [-0.25, -0.2) is 22.8 Å². The third kappa shape index (κ3) is 12.4. The molecule has 4 N–H and O–H groups in total. The van der Waals surface area contributed by atoms with Gasteiger partial charge in [0.2, 0.25) is 5.91 Å². The second-order valence-corrected chi connectivity index (χ2v) is 13.1. The van der Waals surface area contributed by atoms with Crippen LogP contribution in [0.5, 0.6) is 0 Å². The third-order valence-electron chi connectivity index (χ3n) is 7.86. The van der Waals surface area contributed by atoms with Gasteiger partial charge in [0, 0.05) is 23.7 Å². The number of carbonyl (C=O) groups is 3. The van der Waals surface area contributed by atoms with Gasteiger partial charge in [-0.05, 0) is 81.1 Å². The average Bonchev–Trinajstić information content (AvgIpc) is 3.07. The molecule has 1 unspecified atom stereocenters. The van der Waals surface area contributed by atoms with E-state index < -0.39 is 78.0 Å². The molecule has 1 aliphatic rings. The Balaban J connectivity index is 1.49. The number of anilines is 1. The molecular formula is C36H40F6N4O6. The number of alkyl halides is 3. The van der Waals surface area contributed by atoms with Gasteiger partial charge >= 0.3 is 18.4 Å². The fourth-order valence-electron chi connectivity index (χ4n) is 5.46. The summed E-state index contributed by atoms with van der Waals surface area (Å²) in [6.45, 7) is 3.47. The Morgan fingerprint density at radius 3 is 2.06 bits per heavy atom. The monoisotopic (exact) mass is 738 g/mol. The number of ether oxygens (including phenoxy) is 3. The molecule has 0 bridgehead atoms. The number of morpholine rings is 1. The molecule has 0 aromatic heterocycles. The van der Waals surface area contributed by atoms with Crippen LogP contribution in [0.1, 0.15) is 49.8 Å². The van der Waals surface area contributed by atoms with Gasteiger partial charge < -0.3 is 35.5 Å². The molecule has 3 aromatic carbocycles. The molecular weight excluding hydrogens is 698 g/mol. The highest BCUT2D eigenvalue weighted by Gasteiger charge is 2.35. The van der Waals surface area contributed by atoms with Crippen LogP contribution < -0.4 is 21.3 Å². The number of hydrogen-bond donors (Lipinski definition) is 4. The van der Waals surface area contributed by atoms with Crippen molar-refractivity contribution >= 4 is 23.8 Å². The van der Waals surface area contributed by atoms with Crippen molar-refractivity contribution in [3.8, 4) is 0 Å². The molecule has 3 atom stereocenters. The minimum atomic E-state index is -4.57. The van der Waals surface area contributed by atoms with E-state index in [1.165, 1.54) is 66.7 Å². The lowest BCUT2D eigenvalue weighted by Crippen LogP contribution is -2.49. The Morgan fingerprint density at radius 2 is 1.52 bits per heavy atom. The molecule has 0 aliphatic carbocycles. The minimum Gasteiger partial charge on any atom is -0.448 e. The summed E-state index contributed by atoms with van der Waals surface area (Å²) >= 11 is 0. The van der Waals surface area contributed by atoms with Crippen molar-refractivity contribution in [3.63, 3.8) is 0 Å². The topological polar surface area (TPSA) is 127 Å². The number of carbonyl (C=O) groups excluding carboxylic acids is 3. The number of alkyl carbamates (subject to hydrolysis) is 2. The first-order chi connectivity index (χ1) is 24.5. The van der Waals surface area contributed by atoms with E-state index in [9.17, 15) is 36.3 Å². The molecule has 1 aliphatic heterocycles. The summed E-state index contributed by atoms with van der Waals surface area (Å²) in [7, 11) is 0. The maximum absolute atomic E-state index is 15.3. The van der Waals surface area contributed by atoms with Crippen LogP contribution >= 0.6 is 0 Å². The zero-order chi connectivity index (χ0) is 38.1. The summed E-state index contributed by atoms with van der Waals surface area (Å²) in [5, 5.41) is 10.0. The average molecular weight is 739 g/mol. The van der Waals surface area contributed by atoms with Crippen LogP contribution in [0.2, 0.25) is 0 Å². The first-order valence-corrected chi connectivity index (χ1v) is 16.4. The third-order valence-corrected chi connectivity index (χ3v) is 7.86. The molecule has 3 aromatic rings. The van der Waals surface area contributed by atoms with Crippen LogP contribution in [-0.2, 0) is 25.4 Å². The van der Waals surface area contributed by atoms with E-state index in [4.69, 9.17) is 14.2 Å². The summed E-state index contributed by atoms with van der Waals surface area (Å²) in [6, 6.07) is 12.7.